The number of esters is 1. The van der Waals surface area contributed by atoms with E-state index in [0.717, 1.165) is 0 Å². The van der Waals surface area contributed by atoms with Crippen molar-refractivity contribution < 1.29 is 24.0 Å². The van der Waals surface area contributed by atoms with E-state index in [1.165, 1.54) is 59.6 Å². The standard InChI is InChI=1S/C19H21N3O6S2/c1-3-14-16(24)21-15(19(30-17(14)21)29-9-8-20-11(2)23)18(25)28-10-12-4-6-13(7-5-12)22(26)27/h4-7,14,17H,3,8-10H2,1-2H3,(H,20,23)/t14?,17-/m0/s1. The first-order chi connectivity index (χ1) is 14.3. The number of carbonyl (C=O) groups excluding carboxylic acids is 3. The van der Waals surface area contributed by atoms with Gasteiger partial charge in [0.1, 0.15) is 6.61 Å². The molecule has 0 spiro atoms. The van der Waals surface area contributed by atoms with Gasteiger partial charge in [-0.05, 0) is 24.1 Å². The van der Waals surface area contributed by atoms with Gasteiger partial charge in [-0.2, -0.15) is 0 Å². The molecule has 3 rings (SSSR count). The van der Waals surface area contributed by atoms with Gasteiger partial charge < -0.3 is 10.1 Å². The molecule has 11 heteroatoms. The van der Waals surface area contributed by atoms with E-state index in [2.05, 4.69) is 5.32 Å². The van der Waals surface area contributed by atoms with Crippen LogP contribution in [0.3, 0.4) is 0 Å². The van der Waals surface area contributed by atoms with E-state index < -0.39 is 10.9 Å². The van der Waals surface area contributed by atoms with Gasteiger partial charge in [0, 0.05) is 31.4 Å². The predicted octanol–water partition coefficient (Wildman–Crippen LogP) is 2.62. The summed E-state index contributed by atoms with van der Waals surface area (Å²) in [5, 5.41) is 13.3. The van der Waals surface area contributed by atoms with Crippen LogP contribution in [-0.4, -0.2) is 45.3 Å². The summed E-state index contributed by atoms with van der Waals surface area (Å²) >= 11 is 2.89. The maximum absolute atomic E-state index is 12.8. The van der Waals surface area contributed by atoms with Crippen molar-refractivity contribution in [1.29, 1.82) is 0 Å². The molecule has 0 radical (unpaired) electrons. The van der Waals surface area contributed by atoms with Crippen LogP contribution in [0.2, 0.25) is 0 Å². The number of benzene rings is 1. The van der Waals surface area contributed by atoms with Crippen molar-refractivity contribution in [3.8, 4) is 0 Å². The Labute approximate surface area is 181 Å². The Hall–Kier alpha value is -2.53. The first-order valence-corrected chi connectivity index (χ1v) is 11.2. The molecule has 1 N–H and O–H groups in total. The fraction of sp³-hybridized carbons (Fsp3) is 0.421. The Morgan fingerprint density at radius 3 is 2.63 bits per heavy atom. The van der Waals surface area contributed by atoms with Crippen molar-refractivity contribution in [1.82, 2.24) is 10.2 Å². The van der Waals surface area contributed by atoms with Crippen LogP contribution in [0.25, 0.3) is 0 Å². The summed E-state index contributed by atoms with van der Waals surface area (Å²) in [6, 6.07) is 5.74. The SMILES string of the molecule is CCC1C(=O)N2C(C(=O)OCc3ccc([N+](=O)[O-])cc3)=C(SCCNC(C)=O)S[C@@H]12. The summed E-state index contributed by atoms with van der Waals surface area (Å²) in [4.78, 5) is 48.0. The lowest BCUT2D eigenvalue weighted by atomic mass is 9.95. The van der Waals surface area contributed by atoms with Gasteiger partial charge in [0.15, 0.2) is 5.70 Å². The molecule has 1 fully saturated rings. The summed E-state index contributed by atoms with van der Waals surface area (Å²) in [5.74, 6) is -0.382. The van der Waals surface area contributed by atoms with E-state index in [4.69, 9.17) is 4.74 Å². The number of ether oxygens (including phenoxy) is 1. The summed E-state index contributed by atoms with van der Waals surface area (Å²) in [6.07, 6.45) is 0.696. The van der Waals surface area contributed by atoms with Crippen LogP contribution in [0, 0.1) is 16.0 Å². The van der Waals surface area contributed by atoms with Crippen molar-refractivity contribution >= 4 is 47.0 Å². The summed E-state index contributed by atoms with van der Waals surface area (Å²) in [5.41, 5.74) is 0.810. The van der Waals surface area contributed by atoms with Crippen LogP contribution >= 0.6 is 23.5 Å². The molecule has 2 heterocycles. The van der Waals surface area contributed by atoms with E-state index in [1.54, 1.807) is 0 Å². The first kappa shape index (κ1) is 22.2. The lowest BCUT2D eigenvalue weighted by molar-refractivity contribution is -0.384. The number of nitrogens with zero attached hydrogens (tertiary/aromatic N) is 2. The van der Waals surface area contributed by atoms with Gasteiger partial charge in [-0.1, -0.05) is 18.7 Å². The molecule has 160 valence electrons. The molecule has 2 amide bonds. The maximum atomic E-state index is 12.8. The highest BCUT2D eigenvalue weighted by Crippen LogP contribution is 2.53. The number of fused-ring (bicyclic) bond motifs is 1. The normalized spacial score (nSPS) is 19.9. The third kappa shape index (κ3) is 4.62. The van der Waals surface area contributed by atoms with E-state index >= 15 is 0 Å². The highest BCUT2D eigenvalue weighted by molar-refractivity contribution is 8.22. The van der Waals surface area contributed by atoms with Gasteiger partial charge in [0.2, 0.25) is 11.8 Å². The Morgan fingerprint density at radius 2 is 2.03 bits per heavy atom. The average Bonchev–Trinajstić information content (AvgIpc) is 3.04. The van der Waals surface area contributed by atoms with Crippen LogP contribution in [0.1, 0.15) is 25.8 Å². The summed E-state index contributed by atoms with van der Waals surface area (Å²) in [7, 11) is 0. The minimum Gasteiger partial charge on any atom is -0.456 e. The van der Waals surface area contributed by atoms with Crippen LogP contribution in [0.4, 0.5) is 5.69 Å². The second-order valence-electron chi connectivity index (χ2n) is 6.70. The zero-order valence-electron chi connectivity index (χ0n) is 16.5. The number of carbonyl (C=O) groups is 3. The number of nitro groups is 1. The van der Waals surface area contributed by atoms with Gasteiger partial charge in [-0.25, -0.2) is 4.79 Å². The Bertz CT molecular complexity index is 902. The van der Waals surface area contributed by atoms with Gasteiger partial charge in [-0.15, -0.1) is 11.8 Å². The molecule has 9 nitrogen and oxygen atoms in total. The summed E-state index contributed by atoms with van der Waals surface area (Å²) in [6.45, 7) is 3.77. The number of non-ortho nitro benzene ring substituents is 1. The average molecular weight is 452 g/mol. The second kappa shape index (κ2) is 9.52. The van der Waals surface area contributed by atoms with Gasteiger partial charge >= 0.3 is 5.97 Å². The molecule has 2 aliphatic heterocycles. The van der Waals surface area contributed by atoms with E-state index in [9.17, 15) is 24.5 Å². The number of thioether (sulfide) groups is 2. The first-order valence-electron chi connectivity index (χ1n) is 9.35. The third-order valence-corrected chi connectivity index (χ3v) is 7.37. The van der Waals surface area contributed by atoms with Gasteiger partial charge in [0.25, 0.3) is 5.69 Å². The van der Waals surface area contributed by atoms with Crippen LogP contribution in [0.5, 0.6) is 0 Å². The van der Waals surface area contributed by atoms with Crippen LogP contribution in [-0.2, 0) is 25.7 Å². The minimum atomic E-state index is -0.603. The third-order valence-electron chi connectivity index (χ3n) is 4.67. The largest absolute Gasteiger partial charge is 0.456 e. The molecule has 1 saturated heterocycles. The molecule has 30 heavy (non-hydrogen) atoms. The zero-order chi connectivity index (χ0) is 21.8. The van der Waals surface area contributed by atoms with Crippen molar-refractivity contribution in [2.45, 2.75) is 32.2 Å². The van der Waals surface area contributed by atoms with E-state index in [1.807, 2.05) is 6.92 Å². The van der Waals surface area contributed by atoms with E-state index in [0.29, 0.717) is 28.5 Å². The Kier molecular flexibility index (Phi) is 7.03. The van der Waals surface area contributed by atoms with Gasteiger partial charge in [0.05, 0.1) is 20.5 Å². The topological polar surface area (TPSA) is 119 Å². The number of β-lactam (4-membered cyclic amide) rings is 1. The molecular weight excluding hydrogens is 430 g/mol. The van der Waals surface area contributed by atoms with Crippen molar-refractivity contribution in [3.63, 3.8) is 0 Å². The fourth-order valence-corrected chi connectivity index (χ4v) is 5.95. The van der Waals surface area contributed by atoms with Crippen molar-refractivity contribution in [3.05, 3.63) is 49.9 Å². The molecule has 2 atom stereocenters. The molecule has 1 unspecified atom stereocenters. The number of rotatable bonds is 9. The minimum absolute atomic E-state index is 0.0440. The zero-order valence-corrected chi connectivity index (χ0v) is 18.1. The lowest BCUT2D eigenvalue weighted by Gasteiger charge is -2.41. The van der Waals surface area contributed by atoms with Crippen molar-refractivity contribution in [2.75, 3.05) is 12.3 Å². The highest BCUT2D eigenvalue weighted by atomic mass is 32.2. The molecule has 0 saturated carbocycles. The monoisotopic (exact) mass is 451 g/mol. The smallest absolute Gasteiger partial charge is 0.357 e. The number of amides is 2. The maximum Gasteiger partial charge on any atom is 0.357 e. The number of hydrogen-bond donors (Lipinski definition) is 1. The Morgan fingerprint density at radius 1 is 1.33 bits per heavy atom. The highest BCUT2D eigenvalue weighted by Gasteiger charge is 2.55. The molecule has 1 aromatic rings. The van der Waals surface area contributed by atoms with Crippen molar-refractivity contribution in [2.24, 2.45) is 5.92 Å². The van der Waals surface area contributed by atoms with Crippen LogP contribution < -0.4 is 5.32 Å². The quantitative estimate of drug-likeness (QED) is 0.200. The molecule has 1 aromatic carbocycles. The number of nitro benzene ring substituents is 1. The molecule has 2 aliphatic rings. The van der Waals surface area contributed by atoms with Crippen LogP contribution in [0.15, 0.2) is 34.2 Å². The molecule has 0 aliphatic carbocycles. The Balaban J connectivity index is 1.68. The fourth-order valence-electron chi connectivity index (χ4n) is 3.12. The summed E-state index contributed by atoms with van der Waals surface area (Å²) < 4.78 is 6.11. The van der Waals surface area contributed by atoms with Gasteiger partial charge in [-0.3, -0.25) is 24.6 Å². The molecule has 0 bridgehead atoms. The predicted molar refractivity (Wildman–Crippen MR) is 113 cm³/mol. The lowest BCUT2D eigenvalue weighted by Crippen LogP contribution is -2.57. The second-order valence-corrected chi connectivity index (χ2v) is 9.19. The molecular formula is C19H21N3O6S2. The number of hydrogen-bond acceptors (Lipinski definition) is 8. The van der Waals surface area contributed by atoms with E-state index in [-0.39, 0.29) is 41.1 Å². The molecule has 0 aromatic heterocycles. The number of nitrogens with one attached hydrogen (secondary N) is 1.